The fourth-order valence-corrected chi connectivity index (χ4v) is 7.54. The van der Waals surface area contributed by atoms with Crippen LogP contribution >= 0.6 is 0 Å². The average molecular weight is 777 g/mol. The molecule has 14 nitrogen and oxygen atoms in total. The number of hydrogen-bond donors (Lipinski definition) is 5. The molecule has 0 unspecified atom stereocenters. The number of nitrogens with one attached hydrogen (secondary N) is 3. The largest absolute Gasteiger partial charge is 0.444 e. The van der Waals surface area contributed by atoms with Crippen LogP contribution in [0.2, 0.25) is 0 Å². The third-order valence-corrected chi connectivity index (χ3v) is 10.5. The molecule has 5 N–H and O–H groups in total. The van der Waals surface area contributed by atoms with Crippen LogP contribution in [0, 0.1) is 0 Å². The van der Waals surface area contributed by atoms with Gasteiger partial charge in [-0.05, 0) is 57.2 Å². The number of hydrogen-bond acceptors (Lipinski definition) is 11. The van der Waals surface area contributed by atoms with Crippen LogP contribution in [0.5, 0.6) is 0 Å². The van der Waals surface area contributed by atoms with E-state index < -0.39 is 42.1 Å². The fourth-order valence-electron chi connectivity index (χ4n) is 7.54. The Balaban J connectivity index is 1.15. The van der Waals surface area contributed by atoms with E-state index in [9.17, 15) is 19.8 Å². The molecule has 0 radical (unpaired) electrons. The van der Waals surface area contributed by atoms with Gasteiger partial charge in [-0.25, -0.2) is 9.78 Å². The molecular formula is C43H52N8O6. The monoisotopic (exact) mass is 776 g/mol. The summed E-state index contributed by atoms with van der Waals surface area (Å²) in [5, 5.41) is 32.1. The lowest BCUT2D eigenvalue weighted by Gasteiger charge is -2.23. The van der Waals surface area contributed by atoms with Crippen LogP contribution in [0.1, 0.15) is 69.2 Å². The molecule has 57 heavy (non-hydrogen) atoms. The fraction of sp³-hybridized carbons (Fsp3) is 0.419. The number of imidazole rings is 1. The first kappa shape index (κ1) is 39.7. The Kier molecular flexibility index (Phi) is 12.0. The standard InChI is InChI=1S/C43H52N8O6/c1-27(56-25-28-14-8-5-9-15-28)40(54)47-33-22-34(37(53)36(33)52)51-26-45-35-38(44-23-32(29-16-10-6-11-17-29)30-18-12-7-13-19-30)48-41(49-39(35)51)50-21-20-31(24-50)46-42(55)57-43(2,3)4/h5-19,26-27,31-34,36-37,52-53H,20-25H2,1-4H3,(H,46,55)(H,47,54)(H,44,48,49)/t27-,31-,33+,34-,36-,37+/m1/s1. The number of alkyl carbamates (subject to hydrolysis) is 1. The van der Waals surface area contributed by atoms with E-state index in [-0.39, 0.29) is 30.9 Å². The lowest BCUT2D eigenvalue weighted by Crippen LogP contribution is -2.46. The second-order valence-corrected chi connectivity index (χ2v) is 15.9. The maximum absolute atomic E-state index is 13.2. The highest BCUT2D eigenvalue weighted by Gasteiger charge is 2.44. The van der Waals surface area contributed by atoms with Crippen LogP contribution in [-0.2, 0) is 20.9 Å². The summed E-state index contributed by atoms with van der Waals surface area (Å²) < 4.78 is 13.1. The van der Waals surface area contributed by atoms with Gasteiger partial charge in [-0.15, -0.1) is 0 Å². The van der Waals surface area contributed by atoms with Gasteiger partial charge >= 0.3 is 6.09 Å². The van der Waals surface area contributed by atoms with E-state index in [4.69, 9.17) is 24.4 Å². The van der Waals surface area contributed by atoms with Crippen LogP contribution in [0.3, 0.4) is 0 Å². The molecule has 7 rings (SSSR count). The van der Waals surface area contributed by atoms with Crippen LogP contribution in [0.4, 0.5) is 16.6 Å². The molecule has 0 spiro atoms. The molecule has 2 amide bonds. The van der Waals surface area contributed by atoms with Crippen molar-refractivity contribution in [2.24, 2.45) is 0 Å². The molecule has 1 aliphatic carbocycles. The minimum absolute atomic E-state index is 0.00705. The zero-order valence-electron chi connectivity index (χ0n) is 32.8. The Bertz CT molecular complexity index is 2070. The molecule has 3 heterocycles. The van der Waals surface area contributed by atoms with Gasteiger partial charge in [0.2, 0.25) is 11.9 Å². The van der Waals surface area contributed by atoms with Gasteiger partial charge in [-0.2, -0.15) is 9.97 Å². The lowest BCUT2D eigenvalue weighted by atomic mass is 9.91. The number of nitrogens with zero attached hydrogens (tertiary/aromatic N) is 5. The summed E-state index contributed by atoms with van der Waals surface area (Å²) in [6.45, 7) is 8.94. The minimum Gasteiger partial charge on any atom is -0.444 e. The van der Waals surface area contributed by atoms with Crippen molar-refractivity contribution in [3.8, 4) is 0 Å². The predicted octanol–water partition coefficient (Wildman–Crippen LogP) is 4.93. The third kappa shape index (κ3) is 9.53. The van der Waals surface area contributed by atoms with E-state index in [2.05, 4.69) is 40.2 Å². The molecule has 2 fully saturated rings. The number of anilines is 2. The Morgan fingerprint density at radius 3 is 2.19 bits per heavy atom. The smallest absolute Gasteiger partial charge is 0.407 e. The summed E-state index contributed by atoms with van der Waals surface area (Å²) in [7, 11) is 0. The molecule has 2 aromatic heterocycles. The van der Waals surface area contributed by atoms with Crippen molar-refractivity contribution in [2.75, 3.05) is 29.9 Å². The first-order valence-electron chi connectivity index (χ1n) is 19.6. The Hall–Kier alpha value is -5.57. The highest BCUT2D eigenvalue weighted by atomic mass is 16.6. The molecule has 2 aliphatic rings. The number of fused-ring (bicyclic) bond motifs is 1. The number of aliphatic hydroxyl groups excluding tert-OH is 2. The molecule has 6 atom stereocenters. The summed E-state index contributed by atoms with van der Waals surface area (Å²) in [4.78, 5) is 42.6. The summed E-state index contributed by atoms with van der Waals surface area (Å²) in [6, 6.07) is 28.5. The van der Waals surface area contributed by atoms with E-state index in [0.717, 1.165) is 16.7 Å². The SMILES string of the molecule is C[C@@H](OCc1ccccc1)C(=O)N[C@H]1C[C@@H](n2cnc3c(NCC(c4ccccc4)c4ccccc4)nc(N4CC[C@@H](NC(=O)OC(C)(C)C)C4)nc32)[C@H](O)[C@@H]1O. The lowest BCUT2D eigenvalue weighted by molar-refractivity contribution is -0.134. The minimum atomic E-state index is -1.24. The number of aromatic nitrogens is 4. The van der Waals surface area contributed by atoms with Crippen LogP contribution in [-0.4, -0.2) is 97.4 Å². The summed E-state index contributed by atoms with van der Waals surface area (Å²) in [6.07, 6.45) is -1.24. The topological polar surface area (TPSA) is 176 Å². The molecule has 0 bridgehead atoms. The predicted molar refractivity (Wildman–Crippen MR) is 217 cm³/mol. The van der Waals surface area contributed by atoms with Crippen molar-refractivity contribution in [3.63, 3.8) is 0 Å². The zero-order chi connectivity index (χ0) is 40.1. The van der Waals surface area contributed by atoms with E-state index >= 15 is 0 Å². The normalized spacial score (nSPS) is 21.5. The van der Waals surface area contributed by atoms with Crippen LogP contribution < -0.4 is 20.9 Å². The van der Waals surface area contributed by atoms with E-state index in [1.165, 1.54) is 0 Å². The van der Waals surface area contributed by atoms with Gasteiger partial charge in [-0.3, -0.25) is 4.79 Å². The van der Waals surface area contributed by atoms with Gasteiger partial charge < -0.3 is 45.1 Å². The number of benzene rings is 3. The second kappa shape index (κ2) is 17.3. The molecule has 1 aliphatic heterocycles. The highest BCUT2D eigenvalue weighted by molar-refractivity contribution is 5.85. The molecule has 1 saturated carbocycles. The Labute approximate surface area is 332 Å². The van der Waals surface area contributed by atoms with E-state index in [0.29, 0.717) is 49.0 Å². The summed E-state index contributed by atoms with van der Waals surface area (Å²) in [5.74, 6) is 0.548. The molecule has 5 aromatic rings. The van der Waals surface area contributed by atoms with Gasteiger partial charge in [0.05, 0.1) is 31.1 Å². The summed E-state index contributed by atoms with van der Waals surface area (Å²) in [5.41, 5.74) is 3.55. The summed E-state index contributed by atoms with van der Waals surface area (Å²) >= 11 is 0. The Morgan fingerprint density at radius 2 is 1.54 bits per heavy atom. The van der Waals surface area contributed by atoms with Crippen molar-refractivity contribution in [1.29, 1.82) is 0 Å². The van der Waals surface area contributed by atoms with E-state index in [1.807, 2.05) is 92.4 Å². The molecule has 1 saturated heterocycles. The maximum Gasteiger partial charge on any atom is 0.407 e. The quantitative estimate of drug-likeness (QED) is 0.110. The van der Waals surface area contributed by atoms with E-state index in [1.54, 1.807) is 17.8 Å². The maximum atomic E-state index is 13.2. The molecule has 300 valence electrons. The number of rotatable bonds is 13. The van der Waals surface area contributed by atoms with Crippen LogP contribution in [0.25, 0.3) is 11.2 Å². The van der Waals surface area contributed by atoms with Crippen molar-refractivity contribution in [2.45, 2.75) is 95.1 Å². The average Bonchev–Trinajstić information content (AvgIpc) is 3.92. The van der Waals surface area contributed by atoms with Gasteiger partial charge in [0.25, 0.3) is 0 Å². The van der Waals surface area contributed by atoms with Crippen molar-refractivity contribution < 1.29 is 29.3 Å². The highest BCUT2D eigenvalue weighted by Crippen LogP contribution is 2.36. The van der Waals surface area contributed by atoms with Gasteiger partial charge in [0.1, 0.15) is 23.9 Å². The molecule has 3 aromatic carbocycles. The third-order valence-electron chi connectivity index (χ3n) is 10.5. The van der Waals surface area contributed by atoms with Gasteiger partial charge in [-0.1, -0.05) is 91.0 Å². The number of carbonyl (C=O) groups excluding carboxylic acids is 2. The number of ether oxygens (including phenoxy) is 2. The zero-order valence-corrected chi connectivity index (χ0v) is 32.8. The second-order valence-electron chi connectivity index (χ2n) is 15.9. The van der Waals surface area contributed by atoms with Crippen molar-refractivity contribution >= 4 is 34.9 Å². The first-order valence-corrected chi connectivity index (χ1v) is 19.6. The first-order chi connectivity index (χ1) is 27.4. The van der Waals surface area contributed by atoms with Crippen LogP contribution in [0.15, 0.2) is 97.3 Å². The molecular weight excluding hydrogens is 725 g/mol. The van der Waals surface area contributed by atoms with Crippen molar-refractivity contribution in [3.05, 3.63) is 114 Å². The Morgan fingerprint density at radius 1 is 0.895 bits per heavy atom. The van der Waals surface area contributed by atoms with Gasteiger partial charge in [0, 0.05) is 25.6 Å². The number of aliphatic hydroxyl groups is 2. The molecule has 14 heteroatoms. The van der Waals surface area contributed by atoms with Gasteiger partial charge in [0.15, 0.2) is 17.0 Å². The number of carbonyl (C=O) groups is 2. The van der Waals surface area contributed by atoms with Crippen molar-refractivity contribution in [1.82, 2.24) is 30.2 Å². The number of amides is 2.